The molecule has 1 saturated carbocycles. The molecule has 31 heavy (non-hydrogen) atoms. The number of rotatable bonds is 4. The van der Waals surface area contributed by atoms with Crippen molar-refractivity contribution >= 4 is 39.2 Å². The van der Waals surface area contributed by atoms with Crippen molar-refractivity contribution in [1.29, 1.82) is 0 Å². The Morgan fingerprint density at radius 3 is 2.81 bits per heavy atom. The number of carbonyl (C=O) groups excluding carboxylic acids is 1. The zero-order valence-corrected chi connectivity index (χ0v) is 19.1. The Bertz CT molecular complexity index is 1130. The average Bonchev–Trinajstić information content (AvgIpc) is 3.40. The van der Waals surface area contributed by atoms with Gasteiger partial charge < -0.3 is 15.1 Å². The fraction of sp³-hybridized carbons (Fsp3) is 0.478. The van der Waals surface area contributed by atoms with E-state index in [1.807, 2.05) is 26.4 Å². The van der Waals surface area contributed by atoms with E-state index in [0.29, 0.717) is 11.9 Å². The monoisotopic (exact) mass is 436 g/mol. The van der Waals surface area contributed by atoms with Crippen molar-refractivity contribution in [3.63, 3.8) is 0 Å². The van der Waals surface area contributed by atoms with Gasteiger partial charge in [-0.15, -0.1) is 11.3 Å². The van der Waals surface area contributed by atoms with Crippen molar-refractivity contribution in [2.24, 2.45) is 0 Å². The van der Waals surface area contributed by atoms with Crippen LogP contribution in [-0.2, 0) is 13.0 Å². The molecule has 0 spiro atoms. The molecular weight excluding hydrogens is 408 g/mol. The van der Waals surface area contributed by atoms with Crippen LogP contribution in [0.3, 0.4) is 0 Å². The highest BCUT2D eigenvalue weighted by Gasteiger charge is 2.29. The molecule has 0 atom stereocenters. The number of hydrogen-bond acceptors (Lipinski definition) is 7. The number of nitrogens with one attached hydrogen (secondary N) is 1. The van der Waals surface area contributed by atoms with Crippen molar-refractivity contribution < 1.29 is 4.79 Å². The average molecular weight is 437 g/mol. The highest BCUT2D eigenvalue weighted by molar-refractivity contribution is 7.21. The molecule has 0 saturated heterocycles. The first-order valence-corrected chi connectivity index (χ1v) is 11.8. The van der Waals surface area contributed by atoms with Crippen molar-refractivity contribution in [2.45, 2.75) is 44.6 Å². The lowest BCUT2D eigenvalue weighted by Gasteiger charge is -2.24. The summed E-state index contributed by atoms with van der Waals surface area (Å²) in [5.74, 6) is 1.76. The summed E-state index contributed by atoms with van der Waals surface area (Å²) in [4.78, 5) is 31.9. The number of carbonyl (C=O) groups is 1. The summed E-state index contributed by atoms with van der Waals surface area (Å²) in [7, 11) is 5.75. The Kier molecular flexibility index (Phi) is 5.35. The Morgan fingerprint density at radius 1 is 1.23 bits per heavy atom. The number of anilines is 2. The molecule has 7 nitrogen and oxygen atoms in total. The van der Waals surface area contributed by atoms with Crippen molar-refractivity contribution in [2.75, 3.05) is 33.0 Å². The van der Waals surface area contributed by atoms with Crippen LogP contribution in [-0.4, -0.2) is 58.3 Å². The number of nitrogens with zero attached hydrogens (tertiary/aromatic N) is 5. The summed E-state index contributed by atoms with van der Waals surface area (Å²) in [5, 5.41) is 3.30. The molecule has 0 bridgehead atoms. The van der Waals surface area contributed by atoms with Gasteiger partial charge in [-0.25, -0.2) is 15.0 Å². The Balaban J connectivity index is 1.51. The minimum Gasteiger partial charge on any atom is -0.344 e. The number of fused-ring (bicyclic) bond motifs is 2. The van der Waals surface area contributed by atoms with Gasteiger partial charge >= 0.3 is 0 Å². The SMILES string of the molecule is CN1CCc2nc(Nc3ncc4sc(C(=O)N(C)C)c(C5CCCC5)c4n3)ccc2C1. The van der Waals surface area contributed by atoms with Gasteiger partial charge in [0.05, 0.1) is 21.3 Å². The molecular formula is C23H28N6OS. The van der Waals surface area contributed by atoms with Crippen molar-refractivity contribution in [3.8, 4) is 0 Å². The highest BCUT2D eigenvalue weighted by Crippen LogP contribution is 2.43. The van der Waals surface area contributed by atoms with E-state index in [9.17, 15) is 4.79 Å². The van der Waals surface area contributed by atoms with E-state index < -0.39 is 0 Å². The fourth-order valence-electron chi connectivity index (χ4n) is 4.67. The molecule has 4 heterocycles. The van der Waals surface area contributed by atoms with E-state index in [1.165, 1.54) is 29.7 Å². The Hall–Kier alpha value is -2.58. The second kappa shape index (κ2) is 8.16. The quantitative estimate of drug-likeness (QED) is 0.661. The predicted molar refractivity (Wildman–Crippen MR) is 124 cm³/mol. The van der Waals surface area contributed by atoms with Crippen LogP contribution < -0.4 is 5.32 Å². The maximum absolute atomic E-state index is 12.9. The first-order valence-electron chi connectivity index (χ1n) is 10.9. The summed E-state index contributed by atoms with van der Waals surface area (Å²) in [6.45, 7) is 1.96. The van der Waals surface area contributed by atoms with E-state index in [0.717, 1.165) is 64.5 Å². The van der Waals surface area contributed by atoms with E-state index in [4.69, 9.17) is 9.97 Å². The minimum atomic E-state index is 0.0562. The summed E-state index contributed by atoms with van der Waals surface area (Å²) in [6.07, 6.45) is 7.45. The van der Waals surface area contributed by atoms with Gasteiger partial charge in [0.2, 0.25) is 5.95 Å². The van der Waals surface area contributed by atoms with Crippen LogP contribution >= 0.6 is 11.3 Å². The molecule has 162 valence electrons. The molecule has 3 aromatic rings. The molecule has 0 aromatic carbocycles. The van der Waals surface area contributed by atoms with Crippen LogP contribution in [0.25, 0.3) is 10.2 Å². The first-order chi connectivity index (χ1) is 15.0. The molecule has 2 aliphatic rings. The molecule has 8 heteroatoms. The van der Waals surface area contributed by atoms with Crippen molar-refractivity contribution in [1.82, 2.24) is 24.8 Å². The second-order valence-electron chi connectivity index (χ2n) is 8.85. The Morgan fingerprint density at radius 2 is 2.03 bits per heavy atom. The first kappa shape index (κ1) is 20.3. The van der Waals surface area contributed by atoms with E-state index in [2.05, 4.69) is 28.3 Å². The second-order valence-corrected chi connectivity index (χ2v) is 9.90. The predicted octanol–water partition coefficient (Wildman–Crippen LogP) is 4.18. The van der Waals surface area contributed by atoms with Crippen molar-refractivity contribution in [3.05, 3.63) is 40.0 Å². The molecule has 3 aromatic heterocycles. The van der Waals surface area contributed by atoms with Crippen LogP contribution in [0.4, 0.5) is 11.8 Å². The van der Waals surface area contributed by atoms with E-state index >= 15 is 0 Å². The van der Waals surface area contributed by atoms with Crippen LogP contribution in [0.15, 0.2) is 18.3 Å². The number of likely N-dealkylation sites (N-methyl/N-ethyl adjacent to an activating group) is 1. The highest BCUT2D eigenvalue weighted by atomic mass is 32.1. The Labute approximate surface area is 186 Å². The molecule has 1 N–H and O–H groups in total. The lowest BCUT2D eigenvalue weighted by atomic mass is 9.96. The number of aromatic nitrogens is 3. The van der Waals surface area contributed by atoms with Crippen LogP contribution in [0.5, 0.6) is 0 Å². The number of pyridine rings is 1. The van der Waals surface area contributed by atoms with Gasteiger partial charge in [0.25, 0.3) is 5.91 Å². The largest absolute Gasteiger partial charge is 0.344 e. The van der Waals surface area contributed by atoms with E-state index in [1.54, 1.807) is 4.90 Å². The third kappa shape index (κ3) is 3.90. The number of thiophene rings is 1. The van der Waals surface area contributed by atoms with Crippen LogP contribution in [0.1, 0.15) is 58.1 Å². The summed E-state index contributed by atoms with van der Waals surface area (Å²) in [5.41, 5.74) is 4.45. The van der Waals surface area contributed by atoms with Crippen LogP contribution in [0.2, 0.25) is 0 Å². The molecule has 0 radical (unpaired) electrons. The van der Waals surface area contributed by atoms with Gasteiger partial charge in [0.15, 0.2) is 0 Å². The van der Waals surface area contributed by atoms with Gasteiger partial charge in [0, 0.05) is 44.9 Å². The molecule has 0 unspecified atom stereocenters. The molecule has 1 aliphatic heterocycles. The lowest BCUT2D eigenvalue weighted by Crippen LogP contribution is -2.27. The molecule has 1 fully saturated rings. The summed E-state index contributed by atoms with van der Waals surface area (Å²) in [6, 6.07) is 4.14. The smallest absolute Gasteiger partial charge is 0.263 e. The molecule has 1 aliphatic carbocycles. The number of amides is 1. The normalized spacial score (nSPS) is 17.1. The molecule has 1 amide bonds. The third-order valence-electron chi connectivity index (χ3n) is 6.31. The van der Waals surface area contributed by atoms with Crippen LogP contribution in [0, 0.1) is 0 Å². The summed E-state index contributed by atoms with van der Waals surface area (Å²) >= 11 is 1.52. The van der Waals surface area contributed by atoms with Gasteiger partial charge in [-0.1, -0.05) is 18.9 Å². The van der Waals surface area contributed by atoms with Gasteiger partial charge in [0.1, 0.15) is 5.82 Å². The molecule has 5 rings (SSSR count). The zero-order chi connectivity index (χ0) is 21.5. The summed E-state index contributed by atoms with van der Waals surface area (Å²) < 4.78 is 0.971. The topological polar surface area (TPSA) is 74.2 Å². The standard InChI is InChI=1S/C23H28N6OS/c1-28(2)22(30)21-19(14-6-4-5-7-14)20-17(31-21)12-24-23(27-20)26-18-9-8-15-13-29(3)11-10-16(15)25-18/h8-9,12,14H,4-7,10-11,13H2,1-3H3,(H,24,25,26,27). The fourth-order valence-corrected chi connectivity index (χ4v) is 5.89. The zero-order valence-electron chi connectivity index (χ0n) is 18.3. The lowest BCUT2D eigenvalue weighted by molar-refractivity contribution is 0.0831. The third-order valence-corrected chi connectivity index (χ3v) is 7.43. The van der Waals surface area contributed by atoms with Gasteiger partial charge in [-0.2, -0.15) is 0 Å². The maximum atomic E-state index is 12.9. The minimum absolute atomic E-state index is 0.0562. The van der Waals surface area contributed by atoms with Gasteiger partial charge in [-0.05, 0) is 37.4 Å². The number of hydrogen-bond donors (Lipinski definition) is 1. The maximum Gasteiger partial charge on any atom is 0.263 e. The van der Waals surface area contributed by atoms with Gasteiger partial charge in [-0.3, -0.25) is 4.79 Å². The van der Waals surface area contributed by atoms with E-state index in [-0.39, 0.29) is 5.91 Å².